The number of anilines is 2. The van der Waals surface area contributed by atoms with Crippen LogP contribution >= 0.6 is 0 Å². The van der Waals surface area contributed by atoms with Gasteiger partial charge in [-0.1, -0.05) is 30.3 Å². The van der Waals surface area contributed by atoms with Crippen LogP contribution in [0.3, 0.4) is 0 Å². The standard InChI is InChI=1S/C26H29N5O3/c1-33-19-10-11-22(23(16-19)34-2)28-26(32)31-15-12-21-20(17-31)25(30-13-6-7-14-30)29-24(27-21)18-8-4-3-5-9-18/h3-5,8-11,16H,6-7,12-15,17H2,1-2H3,(H,28,32). The number of nitrogens with one attached hydrogen (secondary N) is 1. The number of carbonyl (C=O) groups excluding carboxylic acids is 1. The second-order valence-corrected chi connectivity index (χ2v) is 8.52. The molecule has 0 radical (unpaired) electrons. The Labute approximate surface area is 199 Å². The molecule has 0 bridgehead atoms. The molecule has 0 unspecified atom stereocenters. The van der Waals surface area contributed by atoms with Crippen molar-refractivity contribution in [2.75, 3.05) is 44.1 Å². The average Bonchev–Trinajstić information content (AvgIpc) is 3.43. The summed E-state index contributed by atoms with van der Waals surface area (Å²) >= 11 is 0. The SMILES string of the molecule is COc1ccc(NC(=O)N2CCc3nc(-c4ccccc4)nc(N4CCCC4)c3C2)c(OC)c1. The van der Waals surface area contributed by atoms with E-state index in [1.807, 2.05) is 35.2 Å². The Morgan fingerprint density at radius 1 is 0.971 bits per heavy atom. The molecule has 3 heterocycles. The lowest BCUT2D eigenvalue weighted by Gasteiger charge is -2.32. The number of ether oxygens (including phenoxy) is 2. The highest BCUT2D eigenvalue weighted by Crippen LogP contribution is 2.33. The van der Waals surface area contributed by atoms with Gasteiger partial charge in [-0.2, -0.15) is 0 Å². The van der Waals surface area contributed by atoms with Gasteiger partial charge in [0.1, 0.15) is 17.3 Å². The fourth-order valence-electron chi connectivity index (χ4n) is 4.57. The smallest absolute Gasteiger partial charge is 0.322 e. The van der Waals surface area contributed by atoms with Gasteiger partial charge in [-0.25, -0.2) is 14.8 Å². The molecule has 2 aliphatic heterocycles. The molecule has 0 saturated carbocycles. The van der Waals surface area contributed by atoms with Crippen molar-refractivity contribution in [3.05, 3.63) is 59.8 Å². The van der Waals surface area contributed by atoms with Crippen LogP contribution in [0.15, 0.2) is 48.5 Å². The first kappa shape index (κ1) is 22.0. The molecule has 34 heavy (non-hydrogen) atoms. The Hall–Kier alpha value is -3.81. The Balaban J connectivity index is 1.42. The normalized spacial score (nSPS) is 15.1. The van der Waals surface area contributed by atoms with Crippen LogP contribution in [0.1, 0.15) is 24.1 Å². The zero-order valence-corrected chi connectivity index (χ0v) is 19.6. The van der Waals surface area contributed by atoms with Gasteiger partial charge in [0, 0.05) is 43.2 Å². The molecule has 2 aromatic carbocycles. The molecule has 1 saturated heterocycles. The van der Waals surface area contributed by atoms with E-state index >= 15 is 0 Å². The van der Waals surface area contributed by atoms with Crippen molar-refractivity contribution in [1.82, 2.24) is 14.9 Å². The number of aromatic nitrogens is 2. The fourth-order valence-corrected chi connectivity index (χ4v) is 4.57. The van der Waals surface area contributed by atoms with Gasteiger partial charge in [-0.05, 0) is 25.0 Å². The van der Waals surface area contributed by atoms with Crippen molar-refractivity contribution < 1.29 is 14.3 Å². The molecule has 1 N–H and O–H groups in total. The molecular formula is C26H29N5O3. The molecule has 0 atom stereocenters. The summed E-state index contributed by atoms with van der Waals surface area (Å²) in [5, 5.41) is 2.99. The van der Waals surface area contributed by atoms with E-state index in [0.29, 0.717) is 36.7 Å². The van der Waals surface area contributed by atoms with Crippen LogP contribution in [0.5, 0.6) is 11.5 Å². The highest BCUT2D eigenvalue weighted by molar-refractivity contribution is 5.91. The fraction of sp³-hybridized carbons (Fsp3) is 0.346. The number of carbonyl (C=O) groups is 1. The van der Waals surface area contributed by atoms with E-state index in [2.05, 4.69) is 10.2 Å². The number of methoxy groups -OCH3 is 2. The number of fused-ring (bicyclic) bond motifs is 1. The third-order valence-electron chi connectivity index (χ3n) is 6.41. The van der Waals surface area contributed by atoms with Gasteiger partial charge < -0.3 is 24.6 Å². The minimum atomic E-state index is -0.173. The quantitative estimate of drug-likeness (QED) is 0.611. The Morgan fingerprint density at radius 3 is 2.50 bits per heavy atom. The molecule has 0 aliphatic carbocycles. The molecule has 2 amide bonds. The maximum absolute atomic E-state index is 13.2. The van der Waals surface area contributed by atoms with E-state index in [4.69, 9.17) is 19.4 Å². The molecule has 1 fully saturated rings. The van der Waals surface area contributed by atoms with E-state index in [9.17, 15) is 4.79 Å². The third kappa shape index (κ3) is 4.35. The predicted molar refractivity (Wildman–Crippen MR) is 132 cm³/mol. The molecule has 8 heteroatoms. The monoisotopic (exact) mass is 459 g/mol. The largest absolute Gasteiger partial charge is 0.497 e. The number of hydrogen-bond donors (Lipinski definition) is 1. The average molecular weight is 460 g/mol. The van der Waals surface area contributed by atoms with E-state index in [-0.39, 0.29) is 6.03 Å². The molecule has 0 spiro atoms. The van der Waals surface area contributed by atoms with Crippen LogP contribution in [0, 0.1) is 0 Å². The van der Waals surface area contributed by atoms with Crippen molar-refractivity contribution in [2.45, 2.75) is 25.8 Å². The predicted octanol–water partition coefficient (Wildman–Crippen LogP) is 4.35. The highest BCUT2D eigenvalue weighted by Gasteiger charge is 2.29. The van der Waals surface area contributed by atoms with Gasteiger partial charge in [0.05, 0.1) is 32.1 Å². The van der Waals surface area contributed by atoms with Crippen LogP contribution in [0.2, 0.25) is 0 Å². The van der Waals surface area contributed by atoms with Gasteiger partial charge in [0.25, 0.3) is 0 Å². The van der Waals surface area contributed by atoms with Crippen molar-refractivity contribution in [3.8, 4) is 22.9 Å². The van der Waals surface area contributed by atoms with E-state index in [1.54, 1.807) is 32.4 Å². The first-order valence-corrected chi connectivity index (χ1v) is 11.6. The van der Waals surface area contributed by atoms with Crippen LogP contribution in [0.25, 0.3) is 11.4 Å². The minimum absolute atomic E-state index is 0.173. The number of nitrogens with zero attached hydrogens (tertiary/aromatic N) is 4. The summed E-state index contributed by atoms with van der Waals surface area (Å²) < 4.78 is 10.7. The van der Waals surface area contributed by atoms with Crippen molar-refractivity contribution in [1.29, 1.82) is 0 Å². The minimum Gasteiger partial charge on any atom is -0.497 e. The molecule has 1 aromatic heterocycles. The van der Waals surface area contributed by atoms with Crippen molar-refractivity contribution >= 4 is 17.5 Å². The first-order valence-electron chi connectivity index (χ1n) is 11.6. The van der Waals surface area contributed by atoms with Gasteiger partial charge >= 0.3 is 6.03 Å². The van der Waals surface area contributed by atoms with Crippen LogP contribution in [-0.2, 0) is 13.0 Å². The molecule has 8 nitrogen and oxygen atoms in total. The topological polar surface area (TPSA) is 79.8 Å². The molecule has 3 aromatic rings. The molecule has 176 valence electrons. The second-order valence-electron chi connectivity index (χ2n) is 8.52. The van der Waals surface area contributed by atoms with Crippen LogP contribution < -0.4 is 19.7 Å². The molecule has 5 rings (SSSR count). The van der Waals surface area contributed by atoms with E-state index in [1.165, 1.54) is 0 Å². The summed E-state index contributed by atoms with van der Waals surface area (Å²) in [4.78, 5) is 27.2. The third-order valence-corrected chi connectivity index (χ3v) is 6.41. The summed E-state index contributed by atoms with van der Waals surface area (Å²) in [6.07, 6.45) is 2.99. The van der Waals surface area contributed by atoms with Crippen molar-refractivity contribution in [2.24, 2.45) is 0 Å². The Bertz CT molecular complexity index is 1180. The Morgan fingerprint density at radius 2 is 1.76 bits per heavy atom. The van der Waals surface area contributed by atoms with E-state index < -0.39 is 0 Å². The summed E-state index contributed by atoms with van der Waals surface area (Å²) in [7, 11) is 3.17. The maximum Gasteiger partial charge on any atom is 0.322 e. The van der Waals surface area contributed by atoms with Crippen LogP contribution in [0.4, 0.5) is 16.3 Å². The lowest BCUT2D eigenvalue weighted by atomic mass is 10.0. The molecule has 2 aliphatic rings. The van der Waals surface area contributed by atoms with Crippen molar-refractivity contribution in [3.63, 3.8) is 0 Å². The zero-order chi connectivity index (χ0) is 23.5. The lowest BCUT2D eigenvalue weighted by Crippen LogP contribution is -2.40. The number of hydrogen-bond acceptors (Lipinski definition) is 6. The summed E-state index contributed by atoms with van der Waals surface area (Å²) in [5.74, 6) is 2.94. The zero-order valence-electron chi connectivity index (χ0n) is 19.6. The van der Waals surface area contributed by atoms with E-state index in [0.717, 1.165) is 54.4 Å². The number of urea groups is 1. The van der Waals surface area contributed by atoms with Gasteiger partial charge in [0.2, 0.25) is 0 Å². The molecular weight excluding hydrogens is 430 g/mol. The lowest BCUT2D eigenvalue weighted by molar-refractivity contribution is 0.206. The highest BCUT2D eigenvalue weighted by atomic mass is 16.5. The number of rotatable bonds is 5. The first-order chi connectivity index (χ1) is 16.7. The number of amides is 2. The Kier molecular flexibility index (Phi) is 6.20. The number of benzene rings is 2. The van der Waals surface area contributed by atoms with Gasteiger partial charge in [-0.3, -0.25) is 0 Å². The van der Waals surface area contributed by atoms with Gasteiger partial charge in [0.15, 0.2) is 5.82 Å². The summed E-state index contributed by atoms with van der Waals surface area (Å²) in [6, 6.07) is 15.3. The summed E-state index contributed by atoms with van der Waals surface area (Å²) in [6.45, 7) is 3.02. The van der Waals surface area contributed by atoms with Gasteiger partial charge in [-0.15, -0.1) is 0 Å². The van der Waals surface area contributed by atoms with Crippen LogP contribution in [-0.4, -0.2) is 54.8 Å². The maximum atomic E-state index is 13.2. The second kappa shape index (κ2) is 9.59. The summed E-state index contributed by atoms with van der Waals surface area (Å²) in [5.41, 5.74) is 3.69.